The number of hydrogen-bond donors (Lipinski definition) is 1. The Hall–Kier alpha value is -2.56. The first kappa shape index (κ1) is 16.8. The molecule has 1 aromatic heterocycles. The van der Waals surface area contributed by atoms with Crippen molar-refractivity contribution in [1.29, 1.82) is 0 Å². The maximum atomic E-state index is 11.8. The van der Waals surface area contributed by atoms with Gasteiger partial charge in [0.25, 0.3) is 5.91 Å². The number of ether oxygens (including phenoxy) is 1. The first-order valence-corrected chi connectivity index (χ1v) is 7.62. The van der Waals surface area contributed by atoms with E-state index in [4.69, 9.17) is 9.15 Å². The van der Waals surface area contributed by atoms with Gasteiger partial charge in [-0.2, -0.15) is 0 Å². The maximum Gasteiger partial charge on any atom is 0.306 e. The third kappa shape index (κ3) is 5.62. The van der Waals surface area contributed by atoms with Gasteiger partial charge in [0.1, 0.15) is 5.76 Å². The lowest BCUT2D eigenvalue weighted by Gasteiger charge is -2.09. The molecule has 0 spiro atoms. The fourth-order valence-corrected chi connectivity index (χ4v) is 2.05. The molecular weight excluding hydrogens is 294 g/mol. The summed E-state index contributed by atoms with van der Waals surface area (Å²) in [6.45, 7) is 3.93. The molecule has 0 aliphatic heterocycles. The van der Waals surface area contributed by atoms with E-state index in [0.717, 1.165) is 5.76 Å². The van der Waals surface area contributed by atoms with Gasteiger partial charge in [0.05, 0.1) is 12.7 Å². The number of amides is 1. The van der Waals surface area contributed by atoms with Crippen LogP contribution in [0.3, 0.4) is 0 Å². The molecule has 1 heterocycles. The van der Waals surface area contributed by atoms with Crippen LogP contribution < -0.4 is 5.32 Å². The molecule has 0 atom stereocenters. The first-order valence-electron chi connectivity index (χ1n) is 7.62. The highest BCUT2D eigenvalue weighted by Gasteiger charge is 2.09. The molecule has 0 fully saturated rings. The quantitative estimate of drug-likeness (QED) is 0.794. The van der Waals surface area contributed by atoms with Crippen molar-refractivity contribution < 1.29 is 18.7 Å². The summed E-state index contributed by atoms with van der Waals surface area (Å²) >= 11 is 0. The van der Waals surface area contributed by atoms with Crippen molar-refractivity contribution in [3.05, 3.63) is 54.0 Å². The van der Waals surface area contributed by atoms with E-state index in [2.05, 4.69) is 19.2 Å². The molecule has 0 saturated carbocycles. The van der Waals surface area contributed by atoms with Gasteiger partial charge in [-0.25, -0.2) is 0 Å². The fraction of sp³-hybridized carbons (Fsp3) is 0.333. The topological polar surface area (TPSA) is 68.5 Å². The second kappa shape index (κ2) is 8.17. The lowest BCUT2D eigenvalue weighted by molar-refractivity contribution is -0.147. The molecule has 0 aliphatic carbocycles. The molecule has 2 aromatic rings. The Morgan fingerprint density at radius 3 is 2.52 bits per heavy atom. The molecule has 2 rings (SSSR count). The minimum atomic E-state index is -0.424. The number of carbonyl (C=O) groups excluding carboxylic acids is 2. The van der Waals surface area contributed by atoms with Gasteiger partial charge < -0.3 is 14.5 Å². The summed E-state index contributed by atoms with van der Waals surface area (Å²) in [5.74, 6) is 0.381. The van der Waals surface area contributed by atoms with Crippen molar-refractivity contribution in [3.8, 4) is 0 Å². The van der Waals surface area contributed by atoms with Crippen LogP contribution in [-0.4, -0.2) is 18.5 Å². The minimum absolute atomic E-state index is 0.184. The molecule has 0 aliphatic rings. The molecule has 0 radical (unpaired) electrons. The number of furan rings is 1. The van der Waals surface area contributed by atoms with Gasteiger partial charge in [-0.05, 0) is 35.7 Å². The number of benzene rings is 1. The van der Waals surface area contributed by atoms with Gasteiger partial charge >= 0.3 is 5.97 Å². The monoisotopic (exact) mass is 315 g/mol. The van der Waals surface area contributed by atoms with Gasteiger partial charge in [0.2, 0.25) is 0 Å². The Labute approximate surface area is 135 Å². The van der Waals surface area contributed by atoms with E-state index >= 15 is 0 Å². The summed E-state index contributed by atoms with van der Waals surface area (Å²) in [6, 6.07) is 11.2. The largest absolute Gasteiger partial charge is 0.469 e. The first-order chi connectivity index (χ1) is 11.0. The van der Waals surface area contributed by atoms with Crippen LogP contribution in [0.25, 0.3) is 0 Å². The van der Waals surface area contributed by atoms with E-state index in [9.17, 15) is 9.59 Å². The van der Waals surface area contributed by atoms with E-state index in [1.807, 2.05) is 24.3 Å². The zero-order chi connectivity index (χ0) is 16.7. The molecule has 0 bridgehead atoms. The third-order valence-electron chi connectivity index (χ3n) is 3.38. The van der Waals surface area contributed by atoms with Crippen molar-refractivity contribution in [2.24, 2.45) is 0 Å². The number of hydrogen-bond acceptors (Lipinski definition) is 4. The summed E-state index contributed by atoms with van der Waals surface area (Å²) in [5.41, 5.74) is 1.89. The molecule has 23 heavy (non-hydrogen) atoms. The maximum absolute atomic E-state index is 11.8. The van der Waals surface area contributed by atoms with Crippen LogP contribution in [0.4, 0.5) is 5.69 Å². The molecule has 5 nitrogen and oxygen atoms in total. The van der Waals surface area contributed by atoms with Crippen LogP contribution in [-0.2, 0) is 20.7 Å². The normalized spacial score (nSPS) is 10.6. The lowest BCUT2D eigenvalue weighted by atomic mass is 10.0. The number of nitrogens with one attached hydrogen (secondary N) is 1. The molecule has 122 valence electrons. The second-order valence-corrected chi connectivity index (χ2v) is 5.56. The molecule has 0 unspecified atom stereocenters. The Kier molecular flexibility index (Phi) is 5.97. The van der Waals surface area contributed by atoms with E-state index in [0.29, 0.717) is 18.0 Å². The summed E-state index contributed by atoms with van der Waals surface area (Å²) in [7, 11) is 0. The predicted octanol–water partition coefficient (Wildman–Crippen LogP) is 3.52. The van der Waals surface area contributed by atoms with Crippen molar-refractivity contribution in [3.63, 3.8) is 0 Å². The third-order valence-corrected chi connectivity index (χ3v) is 3.38. The van der Waals surface area contributed by atoms with E-state index < -0.39 is 5.97 Å². The molecule has 1 aromatic carbocycles. The molecule has 0 saturated heterocycles. The van der Waals surface area contributed by atoms with Gasteiger partial charge in [0, 0.05) is 12.1 Å². The molecular formula is C18H21NO4. The average molecular weight is 315 g/mol. The van der Waals surface area contributed by atoms with Crippen molar-refractivity contribution in [1.82, 2.24) is 0 Å². The summed E-state index contributed by atoms with van der Waals surface area (Å²) in [4.78, 5) is 23.3. The number of aryl methyl sites for hydroxylation is 1. The fourth-order valence-electron chi connectivity index (χ4n) is 2.05. The van der Waals surface area contributed by atoms with Crippen molar-refractivity contribution in [2.75, 3.05) is 11.9 Å². The zero-order valence-electron chi connectivity index (χ0n) is 13.4. The molecule has 5 heteroatoms. The molecule has 1 amide bonds. The van der Waals surface area contributed by atoms with Gasteiger partial charge in [-0.1, -0.05) is 26.0 Å². The minimum Gasteiger partial charge on any atom is -0.469 e. The molecule has 1 N–H and O–H groups in total. The Balaban J connectivity index is 1.70. The van der Waals surface area contributed by atoms with Crippen molar-refractivity contribution >= 4 is 17.6 Å². The summed E-state index contributed by atoms with van der Waals surface area (Å²) < 4.78 is 10.1. The Morgan fingerprint density at radius 1 is 1.17 bits per heavy atom. The summed E-state index contributed by atoms with van der Waals surface area (Å²) in [5, 5.41) is 2.70. The standard InChI is InChI=1S/C18H21NO4/c1-13(2)14-5-7-15(8-6-14)19-17(20)12-23-18(21)10-9-16-4-3-11-22-16/h3-8,11,13H,9-10,12H2,1-2H3,(H,19,20). The number of rotatable bonds is 7. The highest BCUT2D eigenvalue weighted by atomic mass is 16.5. The van der Waals surface area contributed by atoms with E-state index in [1.165, 1.54) is 5.56 Å². The van der Waals surface area contributed by atoms with Crippen LogP contribution in [0.2, 0.25) is 0 Å². The number of anilines is 1. The van der Waals surface area contributed by atoms with E-state index in [1.54, 1.807) is 18.4 Å². The van der Waals surface area contributed by atoms with Crippen LogP contribution in [0.1, 0.15) is 37.5 Å². The van der Waals surface area contributed by atoms with Gasteiger partial charge in [0.15, 0.2) is 6.61 Å². The SMILES string of the molecule is CC(C)c1ccc(NC(=O)COC(=O)CCc2ccco2)cc1. The highest BCUT2D eigenvalue weighted by Crippen LogP contribution is 2.17. The van der Waals surface area contributed by atoms with Gasteiger partial charge in [-0.3, -0.25) is 9.59 Å². The van der Waals surface area contributed by atoms with Crippen LogP contribution >= 0.6 is 0 Å². The number of carbonyl (C=O) groups is 2. The zero-order valence-corrected chi connectivity index (χ0v) is 13.4. The summed E-state index contributed by atoms with van der Waals surface area (Å²) in [6.07, 6.45) is 2.20. The lowest BCUT2D eigenvalue weighted by Crippen LogP contribution is -2.21. The predicted molar refractivity (Wildman–Crippen MR) is 87.1 cm³/mol. The number of esters is 1. The smallest absolute Gasteiger partial charge is 0.306 e. The van der Waals surface area contributed by atoms with Gasteiger partial charge in [-0.15, -0.1) is 0 Å². The Morgan fingerprint density at radius 2 is 1.91 bits per heavy atom. The van der Waals surface area contributed by atoms with E-state index in [-0.39, 0.29) is 18.9 Å². The van der Waals surface area contributed by atoms with Crippen LogP contribution in [0.5, 0.6) is 0 Å². The Bertz CT molecular complexity index is 630. The average Bonchev–Trinajstić information content (AvgIpc) is 3.05. The van der Waals surface area contributed by atoms with Crippen molar-refractivity contribution in [2.45, 2.75) is 32.6 Å². The van der Waals surface area contributed by atoms with Crippen LogP contribution in [0, 0.1) is 0 Å². The van der Waals surface area contributed by atoms with Crippen LogP contribution in [0.15, 0.2) is 47.1 Å². The second-order valence-electron chi connectivity index (χ2n) is 5.56. The highest BCUT2D eigenvalue weighted by molar-refractivity contribution is 5.92.